The summed E-state index contributed by atoms with van der Waals surface area (Å²) >= 11 is 0. The normalized spacial score (nSPS) is 10.6. The first kappa shape index (κ1) is 12.5. The molecule has 0 fully saturated rings. The van der Waals surface area contributed by atoms with E-state index < -0.39 is 0 Å². The molecule has 7 nitrogen and oxygen atoms in total. The van der Waals surface area contributed by atoms with Gasteiger partial charge in [-0.1, -0.05) is 0 Å². The molecule has 0 amide bonds. The third-order valence-electron chi connectivity index (χ3n) is 2.41. The van der Waals surface area contributed by atoms with Gasteiger partial charge in [0.2, 0.25) is 5.95 Å². The van der Waals surface area contributed by atoms with Crippen LogP contribution in [0, 0.1) is 0 Å². The Balaban J connectivity index is 2.32. The molecule has 2 heterocycles. The molecule has 0 aliphatic carbocycles. The molecule has 0 radical (unpaired) electrons. The van der Waals surface area contributed by atoms with Crippen molar-refractivity contribution in [2.24, 2.45) is 0 Å². The number of anilines is 1. The SMILES string of the molecule is OCCNc1nnc(-c2ccncc2)n1CCO. The number of hydrogen-bond acceptors (Lipinski definition) is 6. The van der Waals surface area contributed by atoms with Crippen molar-refractivity contribution in [1.29, 1.82) is 0 Å². The molecule has 7 heteroatoms. The van der Waals surface area contributed by atoms with E-state index in [0.29, 0.717) is 24.9 Å². The molecule has 0 aliphatic rings. The standard InChI is InChI=1S/C11H15N5O2/c17-7-5-13-11-15-14-10(16(11)6-8-18)9-1-3-12-4-2-9/h1-4,17-18H,5-8H2,(H,13,15). The first-order chi connectivity index (χ1) is 8.86. The zero-order chi connectivity index (χ0) is 12.8. The lowest BCUT2D eigenvalue weighted by Crippen LogP contribution is -2.13. The van der Waals surface area contributed by atoms with E-state index in [1.165, 1.54) is 0 Å². The van der Waals surface area contributed by atoms with Crippen molar-refractivity contribution in [3.8, 4) is 11.4 Å². The van der Waals surface area contributed by atoms with Crippen molar-refractivity contribution in [2.75, 3.05) is 25.1 Å². The van der Waals surface area contributed by atoms with E-state index in [4.69, 9.17) is 10.2 Å². The monoisotopic (exact) mass is 249 g/mol. The number of nitrogens with one attached hydrogen (secondary N) is 1. The molecule has 0 spiro atoms. The molecule has 0 aliphatic heterocycles. The molecule has 0 saturated carbocycles. The van der Waals surface area contributed by atoms with Crippen LogP contribution in [-0.2, 0) is 6.54 Å². The highest BCUT2D eigenvalue weighted by atomic mass is 16.3. The summed E-state index contributed by atoms with van der Waals surface area (Å²) in [5, 5.41) is 28.9. The lowest BCUT2D eigenvalue weighted by atomic mass is 10.2. The quantitative estimate of drug-likeness (QED) is 0.652. The van der Waals surface area contributed by atoms with Gasteiger partial charge in [0.1, 0.15) is 0 Å². The van der Waals surface area contributed by atoms with Gasteiger partial charge in [-0.3, -0.25) is 9.55 Å². The van der Waals surface area contributed by atoms with Gasteiger partial charge in [0.15, 0.2) is 5.82 Å². The van der Waals surface area contributed by atoms with Gasteiger partial charge in [0, 0.05) is 24.5 Å². The summed E-state index contributed by atoms with van der Waals surface area (Å²) in [5.74, 6) is 1.19. The van der Waals surface area contributed by atoms with Crippen LogP contribution < -0.4 is 5.32 Å². The number of aromatic nitrogens is 4. The molecule has 0 atom stereocenters. The Hall–Kier alpha value is -1.99. The van der Waals surface area contributed by atoms with Crippen molar-refractivity contribution < 1.29 is 10.2 Å². The van der Waals surface area contributed by atoms with Crippen LogP contribution in [0.2, 0.25) is 0 Å². The molecular weight excluding hydrogens is 234 g/mol. The van der Waals surface area contributed by atoms with Crippen molar-refractivity contribution in [2.45, 2.75) is 6.54 Å². The highest BCUT2D eigenvalue weighted by Gasteiger charge is 2.12. The fourth-order valence-electron chi connectivity index (χ4n) is 1.63. The third kappa shape index (κ3) is 2.63. The number of rotatable bonds is 6. The van der Waals surface area contributed by atoms with Gasteiger partial charge < -0.3 is 15.5 Å². The van der Waals surface area contributed by atoms with Crippen LogP contribution in [0.3, 0.4) is 0 Å². The molecular formula is C11H15N5O2. The van der Waals surface area contributed by atoms with E-state index in [1.54, 1.807) is 17.0 Å². The summed E-state index contributed by atoms with van der Waals surface area (Å²) in [7, 11) is 0. The van der Waals surface area contributed by atoms with E-state index in [9.17, 15) is 0 Å². The fourth-order valence-corrected chi connectivity index (χ4v) is 1.63. The van der Waals surface area contributed by atoms with Crippen LogP contribution >= 0.6 is 0 Å². The van der Waals surface area contributed by atoms with Gasteiger partial charge in [-0.15, -0.1) is 10.2 Å². The van der Waals surface area contributed by atoms with Crippen LogP contribution in [0.1, 0.15) is 0 Å². The maximum atomic E-state index is 9.09. The summed E-state index contributed by atoms with van der Waals surface area (Å²) in [6.07, 6.45) is 3.35. The Bertz CT molecular complexity index is 485. The lowest BCUT2D eigenvalue weighted by Gasteiger charge is -2.09. The lowest BCUT2D eigenvalue weighted by molar-refractivity contribution is 0.277. The Morgan fingerprint density at radius 3 is 2.56 bits per heavy atom. The molecule has 2 aromatic rings. The smallest absolute Gasteiger partial charge is 0.225 e. The number of nitrogens with zero attached hydrogens (tertiary/aromatic N) is 4. The predicted octanol–water partition coefficient (Wildman–Crippen LogP) is -0.263. The summed E-state index contributed by atoms with van der Waals surface area (Å²) in [4.78, 5) is 3.95. The number of aliphatic hydroxyl groups is 2. The van der Waals surface area contributed by atoms with E-state index in [-0.39, 0.29) is 13.2 Å². The number of hydrogen-bond donors (Lipinski definition) is 3. The minimum atomic E-state index is -0.00999. The molecule has 2 rings (SSSR count). The van der Waals surface area contributed by atoms with E-state index in [2.05, 4.69) is 20.5 Å². The molecule has 0 unspecified atom stereocenters. The van der Waals surface area contributed by atoms with Crippen LogP contribution in [0.5, 0.6) is 0 Å². The average molecular weight is 249 g/mol. The van der Waals surface area contributed by atoms with Gasteiger partial charge in [-0.2, -0.15) is 0 Å². The van der Waals surface area contributed by atoms with Crippen LogP contribution in [0.25, 0.3) is 11.4 Å². The van der Waals surface area contributed by atoms with E-state index in [0.717, 1.165) is 5.56 Å². The zero-order valence-corrected chi connectivity index (χ0v) is 9.82. The van der Waals surface area contributed by atoms with Gasteiger partial charge in [-0.05, 0) is 12.1 Å². The van der Waals surface area contributed by atoms with Crippen LogP contribution in [0.15, 0.2) is 24.5 Å². The minimum Gasteiger partial charge on any atom is -0.395 e. The van der Waals surface area contributed by atoms with E-state index in [1.807, 2.05) is 12.1 Å². The topological polar surface area (TPSA) is 96.1 Å². The Morgan fingerprint density at radius 2 is 1.89 bits per heavy atom. The zero-order valence-electron chi connectivity index (χ0n) is 9.82. The van der Waals surface area contributed by atoms with Crippen molar-refractivity contribution in [3.05, 3.63) is 24.5 Å². The van der Waals surface area contributed by atoms with Gasteiger partial charge in [0.05, 0.1) is 19.8 Å². The summed E-state index contributed by atoms with van der Waals surface area (Å²) in [5.41, 5.74) is 0.878. The van der Waals surface area contributed by atoms with Crippen molar-refractivity contribution >= 4 is 5.95 Å². The largest absolute Gasteiger partial charge is 0.395 e. The van der Waals surface area contributed by atoms with Gasteiger partial charge in [0.25, 0.3) is 0 Å². The summed E-state index contributed by atoms with van der Waals surface area (Å²) < 4.78 is 1.77. The number of aliphatic hydroxyl groups excluding tert-OH is 2. The maximum Gasteiger partial charge on any atom is 0.225 e. The highest BCUT2D eigenvalue weighted by Crippen LogP contribution is 2.19. The molecule has 0 saturated heterocycles. The number of pyridine rings is 1. The second-order valence-corrected chi connectivity index (χ2v) is 3.61. The Morgan fingerprint density at radius 1 is 1.11 bits per heavy atom. The molecule has 18 heavy (non-hydrogen) atoms. The summed E-state index contributed by atoms with van der Waals surface area (Å²) in [6, 6.07) is 3.65. The Labute approximate surface area is 104 Å². The van der Waals surface area contributed by atoms with Gasteiger partial charge in [-0.25, -0.2) is 0 Å². The Kier molecular flexibility index (Phi) is 4.21. The molecule has 0 aromatic carbocycles. The maximum absolute atomic E-state index is 9.09. The van der Waals surface area contributed by atoms with Crippen molar-refractivity contribution in [1.82, 2.24) is 19.7 Å². The second-order valence-electron chi connectivity index (χ2n) is 3.61. The first-order valence-electron chi connectivity index (χ1n) is 5.66. The fraction of sp³-hybridized carbons (Fsp3) is 0.364. The molecule has 2 aromatic heterocycles. The van der Waals surface area contributed by atoms with E-state index >= 15 is 0 Å². The third-order valence-corrected chi connectivity index (χ3v) is 2.41. The minimum absolute atomic E-state index is 0.00999. The molecule has 96 valence electrons. The molecule has 3 N–H and O–H groups in total. The van der Waals surface area contributed by atoms with Crippen LogP contribution in [-0.4, -0.2) is 49.7 Å². The summed E-state index contributed by atoms with van der Waals surface area (Å²) in [6.45, 7) is 0.777. The van der Waals surface area contributed by atoms with Crippen molar-refractivity contribution in [3.63, 3.8) is 0 Å². The second kappa shape index (κ2) is 6.08. The average Bonchev–Trinajstić information content (AvgIpc) is 2.81. The van der Waals surface area contributed by atoms with Gasteiger partial charge >= 0.3 is 0 Å². The van der Waals surface area contributed by atoms with Crippen LogP contribution in [0.4, 0.5) is 5.95 Å². The predicted molar refractivity (Wildman–Crippen MR) is 65.9 cm³/mol. The molecule has 0 bridgehead atoms. The highest BCUT2D eigenvalue weighted by molar-refractivity contribution is 5.56. The first-order valence-corrected chi connectivity index (χ1v) is 5.66.